The first kappa shape index (κ1) is 14.2. The molecule has 7 heteroatoms. The standard InChI is InChI=1S/C12H16NO5P/c1-9(14)13(15)7-6-12-11-5-3-2-4-10(11)8-18-19(12,16)17/h2-5,12,15H,6-8H2,1H3,(H,16,17). The van der Waals surface area contributed by atoms with E-state index >= 15 is 0 Å². The van der Waals surface area contributed by atoms with Gasteiger partial charge in [-0.25, -0.2) is 5.06 Å². The Balaban J connectivity index is 2.21. The summed E-state index contributed by atoms with van der Waals surface area (Å²) in [7, 11) is -3.76. The maximum atomic E-state index is 12.1. The monoisotopic (exact) mass is 285 g/mol. The zero-order valence-corrected chi connectivity index (χ0v) is 11.4. The number of nitrogens with zero attached hydrogens (tertiary/aromatic N) is 1. The molecule has 104 valence electrons. The second kappa shape index (κ2) is 5.43. The molecule has 1 amide bonds. The highest BCUT2D eigenvalue weighted by atomic mass is 31.2. The Hall–Kier alpha value is -1.20. The van der Waals surface area contributed by atoms with Gasteiger partial charge in [0.05, 0.1) is 12.3 Å². The van der Waals surface area contributed by atoms with Crippen molar-refractivity contribution in [2.45, 2.75) is 25.6 Å². The van der Waals surface area contributed by atoms with Gasteiger partial charge in [-0.3, -0.25) is 14.6 Å². The highest BCUT2D eigenvalue weighted by molar-refractivity contribution is 7.53. The Morgan fingerprint density at radius 2 is 2.21 bits per heavy atom. The van der Waals surface area contributed by atoms with Gasteiger partial charge in [-0.15, -0.1) is 0 Å². The summed E-state index contributed by atoms with van der Waals surface area (Å²) in [4.78, 5) is 20.8. The molecule has 1 aliphatic rings. The molecule has 1 aliphatic heterocycles. The predicted molar refractivity (Wildman–Crippen MR) is 67.6 cm³/mol. The summed E-state index contributed by atoms with van der Waals surface area (Å²) in [6, 6.07) is 7.24. The van der Waals surface area contributed by atoms with E-state index in [4.69, 9.17) is 4.52 Å². The van der Waals surface area contributed by atoms with Crippen LogP contribution in [0.1, 0.15) is 30.1 Å². The van der Waals surface area contributed by atoms with E-state index in [-0.39, 0.29) is 19.6 Å². The number of hydroxylamine groups is 2. The quantitative estimate of drug-likeness (QED) is 0.504. The Kier molecular flexibility index (Phi) is 4.06. The maximum absolute atomic E-state index is 12.1. The van der Waals surface area contributed by atoms with E-state index in [2.05, 4.69) is 0 Å². The average Bonchev–Trinajstić information content (AvgIpc) is 2.36. The smallest absolute Gasteiger partial charge is 0.324 e. The molecule has 0 aromatic heterocycles. The summed E-state index contributed by atoms with van der Waals surface area (Å²) in [5.74, 6) is -0.502. The van der Waals surface area contributed by atoms with E-state index in [9.17, 15) is 19.5 Å². The molecule has 2 rings (SSSR count). The number of carbonyl (C=O) groups is 1. The number of amides is 1. The van der Waals surface area contributed by atoms with Gasteiger partial charge in [0.2, 0.25) is 5.91 Å². The molecule has 0 saturated carbocycles. The number of hydrogen-bond acceptors (Lipinski definition) is 4. The van der Waals surface area contributed by atoms with Gasteiger partial charge in [0.1, 0.15) is 0 Å². The van der Waals surface area contributed by atoms with E-state index < -0.39 is 19.2 Å². The van der Waals surface area contributed by atoms with E-state index in [1.54, 1.807) is 12.1 Å². The molecule has 0 saturated heterocycles. The van der Waals surface area contributed by atoms with Crippen molar-refractivity contribution in [3.8, 4) is 0 Å². The lowest BCUT2D eigenvalue weighted by Crippen LogP contribution is -2.27. The van der Waals surface area contributed by atoms with Crippen LogP contribution in [0.25, 0.3) is 0 Å². The van der Waals surface area contributed by atoms with Crippen molar-refractivity contribution in [3.63, 3.8) is 0 Å². The SMILES string of the molecule is CC(=O)N(O)CCC1c2ccccc2COP1(=O)O. The van der Waals surface area contributed by atoms with Crippen LogP contribution in [0.15, 0.2) is 24.3 Å². The van der Waals surface area contributed by atoms with Gasteiger partial charge in [-0.1, -0.05) is 24.3 Å². The van der Waals surface area contributed by atoms with Crippen molar-refractivity contribution in [3.05, 3.63) is 35.4 Å². The van der Waals surface area contributed by atoms with E-state index in [0.717, 1.165) is 11.1 Å². The van der Waals surface area contributed by atoms with Gasteiger partial charge in [0, 0.05) is 13.5 Å². The van der Waals surface area contributed by atoms with Crippen LogP contribution >= 0.6 is 7.60 Å². The third-order valence-corrected chi connectivity index (χ3v) is 5.01. The Labute approximate surface area is 111 Å². The Bertz CT molecular complexity index is 533. The first-order valence-corrected chi connectivity index (χ1v) is 7.58. The molecular formula is C12H16NO5P. The molecule has 19 heavy (non-hydrogen) atoms. The molecule has 0 fully saturated rings. The van der Waals surface area contributed by atoms with Crippen molar-refractivity contribution in [1.29, 1.82) is 0 Å². The van der Waals surface area contributed by atoms with Crippen LogP contribution in [0, 0.1) is 0 Å². The van der Waals surface area contributed by atoms with Crippen molar-refractivity contribution in [2.24, 2.45) is 0 Å². The molecule has 0 aliphatic carbocycles. The van der Waals surface area contributed by atoms with E-state index in [1.807, 2.05) is 12.1 Å². The van der Waals surface area contributed by atoms with E-state index in [1.165, 1.54) is 6.92 Å². The predicted octanol–water partition coefficient (Wildman–Crippen LogP) is 2.07. The van der Waals surface area contributed by atoms with Gasteiger partial charge < -0.3 is 9.42 Å². The fourth-order valence-electron chi connectivity index (χ4n) is 2.14. The lowest BCUT2D eigenvalue weighted by atomic mass is 10.0. The topological polar surface area (TPSA) is 87.1 Å². The van der Waals surface area contributed by atoms with Gasteiger partial charge in [-0.05, 0) is 17.5 Å². The number of fused-ring (bicyclic) bond motifs is 1. The van der Waals surface area contributed by atoms with Crippen LogP contribution in [0.3, 0.4) is 0 Å². The minimum absolute atomic E-state index is 0.0117. The molecule has 0 spiro atoms. The fraction of sp³-hybridized carbons (Fsp3) is 0.417. The lowest BCUT2D eigenvalue weighted by Gasteiger charge is -2.30. The molecular weight excluding hydrogens is 269 g/mol. The highest BCUT2D eigenvalue weighted by Crippen LogP contribution is 2.61. The van der Waals surface area contributed by atoms with Crippen LogP contribution in [-0.2, 0) is 20.5 Å². The third-order valence-electron chi connectivity index (χ3n) is 3.19. The van der Waals surface area contributed by atoms with Crippen molar-refractivity contribution in [2.75, 3.05) is 6.54 Å². The summed E-state index contributed by atoms with van der Waals surface area (Å²) < 4.78 is 17.1. The van der Waals surface area contributed by atoms with Gasteiger partial charge >= 0.3 is 7.60 Å². The summed E-state index contributed by atoms with van der Waals surface area (Å²) >= 11 is 0. The summed E-state index contributed by atoms with van der Waals surface area (Å²) in [5, 5.41) is 9.89. The molecule has 0 bridgehead atoms. The molecule has 2 N–H and O–H groups in total. The molecule has 6 nitrogen and oxygen atoms in total. The zero-order valence-electron chi connectivity index (χ0n) is 10.5. The minimum Gasteiger partial charge on any atom is -0.324 e. The zero-order chi connectivity index (χ0) is 14.0. The summed E-state index contributed by atoms with van der Waals surface area (Å²) in [5.41, 5.74) is 0.892. The van der Waals surface area contributed by atoms with Crippen LogP contribution in [-0.4, -0.2) is 27.6 Å². The lowest BCUT2D eigenvalue weighted by molar-refractivity contribution is -0.162. The van der Waals surface area contributed by atoms with E-state index in [0.29, 0.717) is 5.06 Å². The van der Waals surface area contributed by atoms with Crippen LogP contribution in [0.4, 0.5) is 0 Å². The second-order valence-electron chi connectivity index (χ2n) is 4.48. The number of carbonyl (C=O) groups excluding carboxylic acids is 1. The molecule has 1 aromatic carbocycles. The maximum Gasteiger partial charge on any atom is 0.335 e. The average molecular weight is 285 g/mol. The summed E-state index contributed by atoms with van der Waals surface area (Å²) in [6.07, 6.45) is 0.168. The molecule has 2 atom stereocenters. The minimum atomic E-state index is -3.76. The van der Waals surface area contributed by atoms with Gasteiger partial charge in [0.25, 0.3) is 0 Å². The number of benzene rings is 1. The van der Waals surface area contributed by atoms with Crippen LogP contribution in [0.2, 0.25) is 0 Å². The van der Waals surface area contributed by atoms with Crippen molar-refractivity contribution >= 4 is 13.5 Å². The van der Waals surface area contributed by atoms with Gasteiger partial charge in [0.15, 0.2) is 0 Å². The Morgan fingerprint density at radius 3 is 2.89 bits per heavy atom. The number of hydrogen-bond donors (Lipinski definition) is 2. The van der Waals surface area contributed by atoms with Crippen LogP contribution < -0.4 is 0 Å². The number of rotatable bonds is 3. The molecule has 0 radical (unpaired) electrons. The first-order chi connectivity index (χ1) is 8.92. The van der Waals surface area contributed by atoms with Crippen molar-refractivity contribution in [1.82, 2.24) is 5.06 Å². The molecule has 1 heterocycles. The fourth-order valence-corrected chi connectivity index (χ4v) is 3.69. The van der Waals surface area contributed by atoms with Crippen molar-refractivity contribution < 1.29 is 24.0 Å². The van der Waals surface area contributed by atoms with Crippen LogP contribution in [0.5, 0.6) is 0 Å². The summed E-state index contributed by atoms with van der Waals surface area (Å²) in [6.45, 7) is 1.32. The second-order valence-corrected chi connectivity index (χ2v) is 6.49. The largest absolute Gasteiger partial charge is 0.335 e. The third kappa shape index (κ3) is 3.04. The Morgan fingerprint density at radius 1 is 1.53 bits per heavy atom. The highest BCUT2D eigenvalue weighted by Gasteiger charge is 2.38. The van der Waals surface area contributed by atoms with Gasteiger partial charge in [-0.2, -0.15) is 0 Å². The molecule has 1 aromatic rings. The normalized spacial score (nSPS) is 25.7. The molecule has 2 unspecified atom stereocenters. The first-order valence-electron chi connectivity index (χ1n) is 5.93.